The van der Waals surface area contributed by atoms with Crippen LogP contribution in [0.3, 0.4) is 0 Å². The molecule has 0 bridgehead atoms. The third kappa shape index (κ3) is 11.6. The maximum Gasteiger partial charge on any atom is 0.192 e. The zero-order valence-corrected chi connectivity index (χ0v) is 14.7. The average Bonchev–Trinajstić information content (AvgIpc) is 2.32. The first kappa shape index (κ1) is 19.4. The lowest BCUT2D eigenvalue weighted by molar-refractivity contribution is 0.589. The van der Waals surface area contributed by atoms with E-state index >= 15 is 0 Å². The lowest BCUT2D eigenvalue weighted by Gasteiger charge is -2.23. The van der Waals surface area contributed by atoms with Crippen molar-refractivity contribution in [1.29, 1.82) is 0 Å². The Balaban J connectivity index is 0. The van der Waals surface area contributed by atoms with Crippen molar-refractivity contribution in [3.63, 3.8) is 0 Å². The van der Waals surface area contributed by atoms with Crippen LogP contribution >= 0.6 is 0 Å². The molecule has 1 aromatic carbocycles. The highest BCUT2D eigenvalue weighted by atomic mass is 28.4. The summed E-state index contributed by atoms with van der Waals surface area (Å²) >= 11 is 0. The van der Waals surface area contributed by atoms with Crippen molar-refractivity contribution in [2.45, 2.75) is 33.1 Å². The van der Waals surface area contributed by atoms with E-state index in [1.165, 1.54) is 5.19 Å². The monoisotopic (exact) mass is 280 g/mol. The Morgan fingerprint density at radius 3 is 1.83 bits per heavy atom. The summed E-state index contributed by atoms with van der Waals surface area (Å²) in [5.74, 6) is 0. The van der Waals surface area contributed by atoms with Crippen LogP contribution in [0.25, 0.3) is 0 Å². The number of benzene rings is 1. The smallest absolute Gasteiger partial charge is 0.192 e. The van der Waals surface area contributed by atoms with Gasteiger partial charge in [0.25, 0.3) is 0 Å². The first-order chi connectivity index (χ1) is 8.40. The highest BCUT2D eigenvalue weighted by Gasteiger charge is 2.19. The van der Waals surface area contributed by atoms with Gasteiger partial charge in [-0.25, -0.2) is 0 Å². The van der Waals surface area contributed by atoms with E-state index in [1.54, 1.807) is 6.08 Å². The third-order valence-electron chi connectivity index (χ3n) is 1.80. The van der Waals surface area contributed by atoms with E-state index in [2.05, 4.69) is 76.3 Å². The zero-order chi connectivity index (χ0) is 14.6. The molecule has 102 valence electrons. The highest BCUT2D eigenvalue weighted by molar-refractivity contribution is 6.81. The summed E-state index contributed by atoms with van der Waals surface area (Å²) in [6.07, 6.45) is 1.75. The van der Waals surface area contributed by atoms with Gasteiger partial charge in [-0.15, -0.1) is 19.7 Å². The Morgan fingerprint density at radius 2 is 1.50 bits per heavy atom. The van der Waals surface area contributed by atoms with Crippen LogP contribution in [0.2, 0.25) is 26.2 Å². The topological polar surface area (TPSA) is 9.23 Å². The van der Waals surface area contributed by atoms with Crippen LogP contribution in [0.1, 0.15) is 6.92 Å². The molecule has 3 heteroatoms. The second-order valence-electron chi connectivity index (χ2n) is 4.69. The van der Waals surface area contributed by atoms with E-state index < -0.39 is 17.4 Å². The summed E-state index contributed by atoms with van der Waals surface area (Å²) in [5.41, 5.74) is 0. The van der Waals surface area contributed by atoms with Crippen molar-refractivity contribution in [3.05, 3.63) is 56.1 Å². The minimum absolute atomic E-state index is 1.12. The van der Waals surface area contributed by atoms with Gasteiger partial charge in [0.15, 0.2) is 17.4 Å². The van der Waals surface area contributed by atoms with Crippen LogP contribution in [0, 0.1) is 0 Å². The van der Waals surface area contributed by atoms with Gasteiger partial charge in [-0.05, 0) is 38.3 Å². The Morgan fingerprint density at radius 1 is 1.11 bits per heavy atom. The van der Waals surface area contributed by atoms with Crippen LogP contribution in [-0.2, 0) is 4.12 Å². The molecule has 0 N–H and O–H groups in total. The maximum absolute atomic E-state index is 6.10. The van der Waals surface area contributed by atoms with Gasteiger partial charge in [0, 0.05) is 0 Å². The molecule has 1 atom stereocenters. The molecule has 0 aliphatic rings. The van der Waals surface area contributed by atoms with Gasteiger partial charge in [0.1, 0.15) is 0 Å². The number of hydrogen-bond donors (Lipinski definition) is 0. The molecule has 0 aromatic heterocycles. The van der Waals surface area contributed by atoms with Gasteiger partial charge in [0.05, 0.1) is 0 Å². The van der Waals surface area contributed by atoms with Crippen LogP contribution in [-0.4, -0.2) is 17.4 Å². The van der Waals surface area contributed by atoms with E-state index in [1.807, 2.05) is 6.92 Å². The van der Waals surface area contributed by atoms with Gasteiger partial charge in [-0.3, -0.25) is 0 Å². The van der Waals surface area contributed by atoms with Crippen molar-refractivity contribution in [2.75, 3.05) is 0 Å². The van der Waals surface area contributed by atoms with E-state index in [0.29, 0.717) is 0 Å². The molecule has 18 heavy (non-hydrogen) atoms. The standard InChI is InChI=1S/C10H18OSi2.C3H6.C2H4/c1-12(11-13(2,3)4)10-8-6-5-7-9-10;1-3-2;1-2/h5-9,12H,1-4H3;3H,1H2,2H3;1-2H2. The quantitative estimate of drug-likeness (QED) is 0.598. The van der Waals surface area contributed by atoms with Gasteiger partial charge in [-0.2, -0.15) is 0 Å². The Labute approximate surface area is 116 Å². The highest BCUT2D eigenvalue weighted by Crippen LogP contribution is 2.04. The molecule has 0 fully saturated rings. The minimum atomic E-state index is -1.34. The van der Waals surface area contributed by atoms with Crippen LogP contribution in [0.5, 0.6) is 0 Å². The van der Waals surface area contributed by atoms with Crippen molar-refractivity contribution >= 4 is 22.5 Å². The first-order valence-electron chi connectivity index (χ1n) is 6.20. The van der Waals surface area contributed by atoms with Crippen molar-refractivity contribution in [2.24, 2.45) is 0 Å². The number of rotatable bonds is 3. The Bertz CT molecular complexity index is 304. The lowest BCUT2D eigenvalue weighted by atomic mass is 10.4. The Kier molecular flexibility index (Phi) is 12.1. The molecule has 0 heterocycles. The van der Waals surface area contributed by atoms with Crippen molar-refractivity contribution in [1.82, 2.24) is 0 Å². The summed E-state index contributed by atoms with van der Waals surface area (Å²) in [6, 6.07) is 10.6. The molecule has 0 aliphatic heterocycles. The fourth-order valence-corrected chi connectivity index (χ4v) is 6.87. The third-order valence-corrected chi connectivity index (χ3v) is 7.37. The largest absolute Gasteiger partial charge is 0.455 e. The fraction of sp³-hybridized carbons (Fsp3) is 0.333. The molecule has 0 saturated heterocycles. The first-order valence-corrected chi connectivity index (χ1v) is 11.8. The summed E-state index contributed by atoms with van der Waals surface area (Å²) < 4.78 is 6.10. The molecule has 0 aliphatic carbocycles. The van der Waals surface area contributed by atoms with E-state index in [9.17, 15) is 0 Å². The SMILES string of the molecule is C=C.C=CC.C[SiH](O[Si](C)(C)C)c1ccccc1. The molecule has 0 amide bonds. The molecule has 0 radical (unpaired) electrons. The molecule has 0 saturated carbocycles. The number of allylic oxidation sites excluding steroid dienone is 1. The van der Waals surface area contributed by atoms with Gasteiger partial charge in [0.2, 0.25) is 0 Å². The van der Waals surface area contributed by atoms with Gasteiger partial charge >= 0.3 is 0 Å². The zero-order valence-electron chi connectivity index (χ0n) is 12.6. The van der Waals surface area contributed by atoms with Gasteiger partial charge in [-0.1, -0.05) is 36.4 Å². The summed E-state index contributed by atoms with van der Waals surface area (Å²) in [6.45, 7) is 20.3. The van der Waals surface area contributed by atoms with E-state index in [4.69, 9.17) is 4.12 Å². The predicted octanol–water partition coefficient (Wildman–Crippen LogP) is 4.09. The molecule has 1 rings (SSSR count). The van der Waals surface area contributed by atoms with Crippen LogP contribution < -0.4 is 5.19 Å². The maximum atomic E-state index is 6.10. The summed E-state index contributed by atoms with van der Waals surface area (Å²) in [4.78, 5) is 0. The average molecular weight is 281 g/mol. The predicted molar refractivity (Wildman–Crippen MR) is 90.6 cm³/mol. The van der Waals surface area contributed by atoms with E-state index in [0.717, 1.165) is 0 Å². The lowest BCUT2D eigenvalue weighted by Crippen LogP contribution is -2.40. The molecule has 1 aromatic rings. The summed E-state index contributed by atoms with van der Waals surface area (Å²) in [5, 5.41) is 1.41. The van der Waals surface area contributed by atoms with Crippen LogP contribution in [0.15, 0.2) is 56.1 Å². The fourth-order valence-electron chi connectivity index (χ4n) is 1.32. The van der Waals surface area contributed by atoms with Crippen LogP contribution in [0.4, 0.5) is 0 Å². The Hall–Kier alpha value is -0.906. The molecule has 1 unspecified atom stereocenters. The summed E-state index contributed by atoms with van der Waals surface area (Å²) in [7, 11) is -2.47. The van der Waals surface area contributed by atoms with Gasteiger partial charge < -0.3 is 4.12 Å². The van der Waals surface area contributed by atoms with E-state index in [-0.39, 0.29) is 0 Å². The molecule has 1 nitrogen and oxygen atoms in total. The normalized spacial score (nSPS) is 11.2. The molecular formula is C15H28OSi2. The second kappa shape index (κ2) is 11.2. The molecule has 0 spiro atoms. The molecular weight excluding hydrogens is 252 g/mol. The minimum Gasteiger partial charge on any atom is -0.455 e. The second-order valence-corrected chi connectivity index (χ2v) is 11.8. The number of hydrogen-bond acceptors (Lipinski definition) is 1. The van der Waals surface area contributed by atoms with Crippen molar-refractivity contribution in [3.8, 4) is 0 Å². The van der Waals surface area contributed by atoms with Crippen molar-refractivity contribution < 1.29 is 4.12 Å².